The molecule has 0 radical (unpaired) electrons. The summed E-state index contributed by atoms with van der Waals surface area (Å²) in [6, 6.07) is 10.9. The van der Waals surface area contributed by atoms with Crippen molar-refractivity contribution in [2.24, 2.45) is 0 Å². The van der Waals surface area contributed by atoms with Crippen molar-refractivity contribution >= 4 is 20.0 Å². The molecule has 0 heterocycles. The predicted molar refractivity (Wildman–Crippen MR) is 105 cm³/mol. The Bertz CT molecular complexity index is 1040. The molecule has 1 saturated carbocycles. The standard InChI is InChI=1S/C19H23FN2O4S2/c1-13-3-7-16(8-4-13)27(23,24)21-15-11-18(20)19(12-15)22-28(25,26)17-9-5-14(2)6-10-17/h3-10,15,18-19,21-22H,11-12H2,1-2H3/t15-,18+,19-/m0/s1. The monoisotopic (exact) mass is 426 g/mol. The second-order valence-corrected chi connectivity index (χ2v) is 10.6. The number of rotatable bonds is 6. The van der Waals surface area contributed by atoms with E-state index in [4.69, 9.17) is 0 Å². The maximum atomic E-state index is 14.4. The van der Waals surface area contributed by atoms with Crippen LogP contribution in [0.1, 0.15) is 24.0 Å². The molecule has 1 aliphatic carbocycles. The summed E-state index contributed by atoms with van der Waals surface area (Å²) in [4.78, 5) is 0.145. The quantitative estimate of drug-likeness (QED) is 0.742. The molecule has 0 aromatic heterocycles. The van der Waals surface area contributed by atoms with E-state index in [1.165, 1.54) is 24.3 Å². The van der Waals surface area contributed by atoms with Crippen LogP contribution in [0.3, 0.4) is 0 Å². The van der Waals surface area contributed by atoms with Gasteiger partial charge in [-0.1, -0.05) is 35.4 Å². The molecule has 0 spiro atoms. The third-order valence-corrected chi connectivity index (χ3v) is 7.82. The average Bonchev–Trinajstić information content (AvgIpc) is 2.93. The number of alkyl halides is 1. The number of hydrogen-bond donors (Lipinski definition) is 2. The predicted octanol–water partition coefficient (Wildman–Crippen LogP) is 2.43. The molecular formula is C19H23FN2O4S2. The molecule has 1 fully saturated rings. The highest BCUT2D eigenvalue weighted by Gasteiger charge is 2.39. The lowest BCUT2D eigenvalue weighted by Crippen LogP contribution is -2.39. The van der Waals surface area contributed by atoms with Gasteiger partial charge in [0.1, 0.15) is 6.17 Å². The number of hydrogen-bond acceptors (Lipinski definition) is 4. The molecule has 0 bridgehead atoms. The van der Waals surface area contributed by atoms with Gasteiger partial charge < -0.3 is 0 Å². The zero-order chi connectivity index (χ0) is 20.5. The van der Waals surface area contributed by atoms with Gasteiger partial charge in [-0.3, -0.25) is 0 Å². The van der Waals surface area contributed by atoms with Crippen LogP contribution in [0.5, 0.6) is 0 Å². The Morgan fingerprint density at radius 1 is 0.750 bits per heavy atom. The van der Waals surface area contributed by atoms with Crippen molar-refractivity contribution in [2.45, 2.75) is 54.7 Å². The molecule has 2 aromatic carbocycles. The Balaban J connectivity index is 1.68. The van der Waals surface area contributed by atoms with E-state index in [0.717, 1.165) is 11.1 Å². The highest BCUT2D eigenvalue weighted by Crippen LogP contribution is 2.26. The maximum absolute atomic E-state index is 14.4. The molecule has 3 atom stereocenters. The highest BCUT2D eigenvalue weighted by molar-refractivity contribution is 7.89. The number of aryl methyl sites for hydroxylation is 2. The topological polar surface area (TPSA) is 92.3 Å². The van der Waals surface area contributed by atoms with E-state index in [1.807, 2.05) is 13.8 Å². The SMILES string of the molecule is Cc1ccc(S(=O)(=O)N[C@H]2C[C@@H](F)[C@@H](NS(=O)(=O)c3ccc(C)cc3)C2)cc1. The van der Waals surface area contributed by atoms with Gasteiger partial charge in [0.15, 0.2) is 0 Å². The Kier molecular flexibility index (Phi) is 5.90. The fourth-order valence-corrected chi connectivity index (χ4v) is 5.73. The molecule has 2 aromatic rings. The van der Waals surface area contributed by atoms with Gasteiger partial charge in [-0.2, -0.15) is 0 Å². The third-order valence-electron chi connectivity index (χ3n) is 4.78. The van der Waals surface area contributed by atoms with Gasteiger partial charge in [0, 0.05) is 6.04 Å². The maximum Gasteiger partial charge on any atom is 0.240 e. The Hall–Kier alpha value is -1.81. The number of halogens is 1. The van der Waals surface area contributed by atoms with Crippen LogP contribution in [-0.4, -0.2) is 35.1 Å². The molecular weight excluding hydrogens is 403 g/mol. The minimum absolute atomic E-state index is 0.0390. The second kappa shape index (κ2) is 7.90. The highest BCUT2D eigenvalue weighted by atomic mass is 32.2. The van der Waals surface area contributed by atoms with Gasteiger partial charge >= 0.3 is 0 Å². The first-order valence-corrected chi connectivity index (χ1v) is 11.9. The van der Waals surface area contributed by atoms with E-state index in [-0.39, 0.29) is 22.6 Å². The Morgan fingerprint density at radius 3 is 1.64 bits per heavy atom. The van der Waals surface area contributed by atoms with Crippen molar-refractivity contribution in [3.63, 3.8) is 0 Å². The van der Waals surface area contributed by atoms with Crippen LogP contribution < -0.4 is 9.44 Å². The first-order valence-electron chi connectivity index (χ1n) is 8.89. The molecule has 1 aliphatic rings. The van der Waals surface area contributed by atoms with Crippen molar-refractivity contribution in [2.75, 3.05) is 0 Å². The second-order valence-electron chi connectivity index (χ2n) is 7.16. The minimum Gasteiger partial charge on any atom is -0.246 e. The summed E-state index contributed by atoms with van der Waals surface area (Å²) in [7, 11) is -7.69. The van der Waals surface area contributed by atoms with E-state index in [0.29, 0.717) is 0 Å². The van der Waals surface area contributed by atoms with E-state index in [9.17, 15) is 21.2 Å². The van der Waals surface area contributed by atoms with Gasteiger partial charge in [-0.05, 0) is 51.0 Å². The van der Waals surface area contributed by atoms with Crippen molar-refractivity contribution in [1.29, 1.82) is 0 Å². The van der Waals surface area contributed by atoms with Crippen LogP contribution in [0.25, 0.3) is 0 Å². The van der Waals surface area contributed by atoms with E-state index in [1.54, 1.807) is 24.3 Å². The first kappa shape index (κ1) is 20.9. The van der Waals surface area contributed by atoms with Gasteiger partial charge in [-0.15, -0.1) is 0 Å². The smallest absolute Gasteiger partial charge is 0.240 e. The van der Waals surface area contributed by atoms with Crippen LogP contribution in [0, 0.1) is 13.8 Å². The molecule has 2 N–H and O–H groups in total. The number of benzene rings is 2. The van der Waals surface area contributed by atoms with Gasteiger partial charge in [0.25, 0.3) is 0 Å². The van der Waals surface area contributed by atoms with Crippen LogP contribution in [0.4, 0.5) is 4.39 Å². The van der Waals surface area contributed by atoms with Gasteiger partial charge in [0.05, 0.1) is 15.8 Å². The molecule has 6 nitrogen and oxygen atoms in total. The van der Waals surface area contributed by atoms with Crippen LogP contribution in [-0.2, 0) is 20.0 Å². The van der Waals surface area contributed by atoms with Crippen LogP contribution >= 0.6 is 0 Å². The molecule has 0 unspecified atom stereocenters. The Morgan fingerprint density at radius 2 is 1.18 bits per heavy atom. The molecule has 28 heavy (non-hydrogen) atoms. The molecule has 9 heteroatoms. The summed E-state index contributed by atoms with van der Waals surface area (Å²) in [5.74, 6) is 0. The zero-order valence-electron chi connectivity index (χ0n) is 15.6. The van der Waals surface area contributed by atoms with Crippen molar-refractivity contribution < 1.29 is 21.2 Å². The molecule has 0 amide bonds. The minimum atomic E-state index is -3.88. The lowest BCUT2D eigenvalue weighted by Gasteiger charge is -2.16. The summed E-state index contributed by atoms with van der Waals surface area (Å²) in [6.07, 6.45) is -1.53. The summed E-state index contributed by atoms with van der Waals surface area (Å²) < 4.78 is 69.2. The summed E-state index contributed by atoms with van der Waals surface area (Å²) >= 11 is 0. The molecule has 3 rings (SSSR count). The van der Waals surface area contributed by atoms with Crippen molar-refractivity contribution in [1.82, 2.24) is 9.44 Å². The lowest BCUT2D eigenvalue weighted by atomic mass is 10.2. The fourth-order valence-electron chi connectivity index (χ4n) is 3.19. The van der Waals surface area contributed by atoms with Crippen molar-refractivity contribution in [3.8, 4) is 0 Å². The molecule has 152 valence electrons. The molecule has 0 aliphatic heterocycles. The van der Waals surface area contributed by atoms with Crippen LogP contribution in [0.15, 0.2) is 58.3 Å². The fraction of sp³-hybridized carbons (Fsp3) is 0.368. The third kappa shape index (κ3) is 4.78. The average molecular weight is 427 g/mol. The van der Waals surface area contributed by atoms with Gasteiger partial charge in [0.2, 0.25) is 20.0 Å². The van der Waals surface area contributed by atoms with E-state index in [2.05, 4.69) is 9.44 Å². The molecule has 0 saturated heterocycles. The first-order chi connectivity index (χ1) is 13.1. The summed E-state index contributed by atoms with van der Waals surface area (Å²) in [6.45, 7) is 3.68. The zero-order valence-corrected chi connectivity index (χ0v) is 17.2. The van der Waals surface area contributed by atoms with Gasteiger partial charge in [-0.25, -0.2) is 30.7 Å². The van der Waals surface area contributed by atoms with E-state index >= 15 is 0 Å². The largest absolute Gasteiger partial charge is 0.246 e. The van der Waals surface area contributed by atoms with Crippen LogP contribution in [0.2, 0.25) is 0 Å². The summed E-state index contributed by atoms with van der Waals surface area (Å²) in [5.41, 5.74) is 1.84. The van der Waals surface area contributed by atoms with E-state index < -0.39 is 38.3 Å². The number of sulfonamides is 2. The lowest BCUT2D eigenvalue weighted by molar-refractivity contribution is 0.298. The van der Waals surface area contributed by atoms with Crippen molar-refractivity contribution in [3.05, 3.63) is 59.7 Å². The summed E-state index contributed by atoms with van der Waals surface area (Å²) in [5, 5.41) is 0. The normalized spacial score (nSPS) is 23.0. The Labute approximate surface area is 165 Å². The number of nitrogens with one attached hydrogen (secondary N) is 2.